The van der Waals surface area contributed by atoms with E-state index in [0.29, 0.717) is 5.02 Å². The zero-order valence-electron chi connectivity index (χ0n) is 11.3. The summed E-state index contributed by atoms with van der Waals surface area (Å²) in [6.07, 6.45) is 0. The van der Waals surface area contributed by atoms with E-state index in [1.165, 1.54) is 0 Å². The van der Waals surface area contributed by atoms with Crippen molar-refractivity contribution in [2.45, 2.75) is 0 Å². The molecular weight excluding hydrogens is 300 g/mol. The van der Waals surface area contributed by atoms with Crippen molar-refractivity contribution in [3.63, 3.8) is 0 Å². The van der Waals surface area contributed by atoms with Gasteiger partial charge in [-0.2, -0.15) is 5.10 Å². The molecule has 5 nitrogen and oxygen atoms in total. The van der Waals surface area contributed by atoms with Crippen molar-refractivity contribution in [3.05, 3.63) is 53.6 Å². The van der Waals surface area contributed by atoms with Crippen molar-refractivity contribution in [2.75, 3.05) is 0 Å². The molecule has 0 saturated heterocycles. The molecule has 4 aromatic rings. The zero-order valence-corrected chi connectivity index (χ0v) is 12.1. The summed E-state index contributed by atoms with van der Waals surface area (Å²) in [7, 11) is 0. The number of nitrogens with one attached hydrogen (secondary N) is 2. The van der Waals surface area contributed by atoms with Gasteiger partial charge >= 0.3 is 0 Å². The minimum absolute atomic E-state index is 0.0541. The Kier molecular flexibility index (Phi) is 2.87. The SMILES string of the molecule is Oc1ccc(-c2cc(-c3nc4ccccc4[nH]3)[nH]n2)cc1Cl. The Hall–Kier alpha value is -2.79. The Bertz CT molecular complexity index is 940. The number of hydrogen-bond donors (Lipinski definition) is 3. The quantitative estimate of drug-likeness (QED) is 0.524. The van der Waals surface area contributed by atoms with Crippen LogP contribution in [0.25, 0.3) is 33.8 Å². The van der Waals surface area contributed by atoms with Gasteiger partial charge in [0.05, 0.1) is 21.7 Å². The molecule has 0 amide bonds. The lowest BCUT2D eigenvalue weighted by Crippen LogP contribution is -1.79. The molecule has 4 rings (SSSR count). The molecule has 0 unspecified atom stereocenters. The topological polar surface area (TPSA) is 77.6 Å². The number of H-pyrrole nitrogens is 2. The van der Waals surface area contributed by atoms with Gasteiger partial charge in [0.2, 0.25) is 0 Å². The average Bonchev–Trinajstić information content (AvgIpc) is 3.15. The van der Waals surface area contributed by atoms with Gasteiger partial charge in [0, 0.05) is 5.56 Å². The third-order valence-electron chi connectivity index (χ3n) is 3.47. The number of hydrogen-bond acceptors (Lipinski definition) is 3. The molecule has 0 aliphatic carbocycles. The van der Waals surface area contributed by atoms with Crippen LogP contribution in [0.15, 0.2) is 48.5 Å². The van der Waals surface area contributed by atoms with Crippen LogP contribution in [-0.2, 0) is 0 Å². The minimum atomic E-state index is 0.0541. The van der Waals surface area contributed by atoms with E-state index in [4.69, 9.17) is 11.6 Å². The molecule has 2 aromatic carbocycles. The lowest BCUT2D eigenvalue weighted by molar-refractivity contribution is 0.475. The van der Waals surface area contributed by atoms with Crippen molar-refractivity contribution < 1.29 is 5.11 Å². The highest BCUT2D eigenvalue weighted by Gasteiger charge is 2.10. The summed E-state index contributed by atoms with van der Waals surface area (Å²) in [5.74, 6) is 0.781. The second kappa shape index (κ2) is 4.89. The Morgan fingerprint density at radius 3 is 2.73 bits per heavy atom. The first-order valence-corrected chi connectivity index (χ1v) is 7.08. The number of benzene rings is 2. The van der Waals surface area contributed by atoms with E-state index < -0.39 is 0 Å². The molecule has 0 spiro atoms. The molecule has 0 fully saturated rings. The highest BCUT2D eigenvalue weighted by Crippen LogP contribution is 2.30. The van der Waals surface area contributed by atoms with E-state index in [1.807, 2.05) is 30.3 Å². The van der Waals surface area contributed by atoms with Crippen molar-refractivity contribution in [1.29, 1.82) is 0 Å². The molecule has 0 saturated carbocycles. The molecule has 3 N–H and O–H groups in total. The fraction of sp³-hybridized carbons (Fsp3) is 0. The van der Waals surface area contributed by atoms with Gasteiger partial charge < -0.3 is 10.1 Å². The first kappa shape index (κ1) is 12.9. The summed E-state index contributed by atoms with van der Waals surface area (Å²) in [5.41, 5.74) is 4.22. The lowest BCUT2D eigenvalue weighted by Gasteiger charge is -1.99. The van der Waals surface area contributed by atoms with Crippen LogP contribution in [0.2, 0.25) is 5.02 Å². The normalized spacial score (nSPS) is 11.1. The third-order valence-corrected chi connectivity index (χ3v) is 3.77. The van der Waals surface area contributed by atoms with Gasteiger partial charge in [0.25, 0.3) is 0 Å². The summed E-state index contributed by atoms with van der Waals surface area (Å²) in [6, 6.07) is 14.7. The zero-order chi connectivity index (χ0) is 15.1. The van der Waals surface area contributed by atoms with Gasteiger partial charge in [-0.3, -0.25) is 5.10 Å². The van der Waals surface area contributed by atoms with Gasteiger partial charge in [-0.25, -0.2) is 4.98 Å². The van der Waals surface area contributed by atoms with Crippen LogP contribution in [-0.4, -0.2) is 25.3 Å². The number of phenols is 1. The monoisotopic (exact) mass is 310 g/mol. The van der Waals surface area contributed by atoms with Crippen molar-refractivity contribution in [1.82, 2.24) is 20.2 Å². The first-order chi connectivity index (χ1) is 10.7. The minimum Gasteiger partial charge on any atom is -0.506 e. The summed E-state index contributed by atoms with van der Waals surface area (Å²) < 4.78 is 0. The summed E-state index contributed by atoms with van der Waals surface area (Å²) >= 11 is 5.93. The molecule has 0 atom stereocenters. The van der Waals surface area contributed by atoms with Gasteiger partial charge in [-0.05, 0) is 36.4 Å². The number of aromatic hydroxyl groups is 1. The number of rotatable bonds is 2. The average molecular weight is 311 g/mol. The van der Waals surface area contributed by atoms with Crippen LogP contribution in [0.1, 0.15) is 0 Å². The van der Waals surface area contributed by atoms with Gasteiger partial charge in [-0.1, -0.05) is 23.7 Å². The summed E-state index contributed by atoms with van der Waals surface area (Å²) in [6.45, 7) is 0. The van der Waals surface area contributed by atoms with E-state index in [0.717, 1.165) is 33.8 Å². The molecule has 0 aliphatic heterocycles. The predicted molar refractivity (Wildman–Crippen MR) is 85.8 cm³/mol. The summed E-state index contributed by atoms with van der Waals surface area (Å²) in [5, 5.41) is 17.0. The van der Waals surface area contributed by atoms with Crippen LogP contribution >= 0.6 is 11.6 Å². The lowest BCUT2D eigenvalue weighted by atomic mass is 10.1. The predicted octanol–water partition coefficient (Wildman–Crippen LogP) is 3.98. The Morgan fingerprint density at radius 2 is 1.91 bits per heavy atom. The van der Waals surface area contributed by atoms with E-state index in [-0.39, 0.29) is 5.75 Å². The van der Waals surface area contributed by atoms with E-state index in [1.54, 1.807) is 18.2 Å². The molecule has 0 bridgehead atoms. The largest absolute Gasteiger partial charge is 0.506 e. The second-order valence-electron chi connectivity index (χ2n) is 4.94. The first-order valence-electron chi connectivity index (χ1n) is 6.70. The second-order valence-corrected chi connectivity index (χ2v) is 5.34. The van der Waals surface area contributed by atoms with Crippen molar-refractivity contribution in [2.24, 2.45) is 0 Å². The molecule has 0 aliphatic rings. The van der Waals surface area contributed by atoms with Gasteiger partial charge in [-0.15, -0.1) is 0 Å². The van der Waals surface area contributed by atoms with E-state index in [2.05, 4.69) is 20.2 Å². The number of imidazole rings is 1. The number of phenolic OH excluding ortho intramolecular Hbond substituents is 1. The maximum absolute atomic E-state index is 9.48. The number of aromatic nitrogens is 4. The maximum Gasteiger partial charge on any atom is 0.156 e. The Balaban J connectivity index is 1.75. The van der Waals surface area contributed by atoms with Crippen molar-refractivity contribution in [3.8, 4) is 28.5 Å². The number of fused-ring (bicyclic) bond motifs is 1. The van der Waals surface area contributed by atoms with Crippen LogP contribution in [0.5, 0.6) is 5.75 Å². The molecule has 2 aromatic heterocycles. The number of halogens is 1. The highest BCUT2D eigenvalue weighted by molar-refractivity contribution is 6.32. The van der Waals surface area contributed by atoms with E-state index >= 15 is 0 Å². The number of nitrogens with zero attached hydrogens (tertiary/aromatic N) is 2. The molecule has 0 radical (unpaired) electrons. The van der Waals surface area contributed by atoms with Crippen LogP contribution < -0.4 is 0 Å². The number of para-hydroxylation sites is 2. The molecule has 6 heteroatoms. The molecule has 108 valence electrons. The molecular formula is C16H11ClN4O. The smallest absolute Gasteiger partial charge is 0.156 e. The van der Waals surface area contributed by atoms with Crippen LogP contribution in [0.3, 0.4) is 0 Å². The van der Waals surface area contributed by atoms with Crippen LogP contribution in [0.4, 0.5) is 0 Å². The number of aromatic amines is 2. The third kappa shape index (κ3) is 2.12. The van der Waals surface area contributed by atoms with Gasteiger partial charge in [0.15, 0.2) is 5.82 Å². The fourth-order valence-corrected chi connectivity index (χ4v) is 2.52. The van der Waals surface area contributed by atoms with Crippen molar-refractivity contribution >= 4 is 22.6 Å². The fourth-order valence-electron chi connectivity index (χ4n) is 2.34. The highest BCUT2D eigenvalue weighted by atomic mass is 35.5. The Labute approximate surface area is 130 Å². The molecule has 2 heterocycles. The van der Waals surface area contributed by atoms with Crippen LogP contribution in [0, 0.1) is 0 Å². The standard InChI is InChI=1S/C16H11ClN4O/c17-10-7-9(5-6-15(10)22)13-8-14(21-20-13)16-18-11-3-1-2-4-12(11)19-16/h1-8,22H,(H,18,19)(H,20,21). The summed E-state index contributed by atoms with van der Waals surface area (Å²) in [4.78, 5) is 7.78. The van der Waals surface area contributed by atoms with E-state index in [9.17, 15) is 5.11 Å². The van der Waals surface area contributed by atoms with Gasteiger partial charge in [0.1, 0.15) is 11.4 Å². The Morgan fingerprint density at radius 1 is 1.05 bits per heavy atom. The molecule has 22 heavy (non-hydrogen) atoms. The maximum atomic E-state index is 9.48.